The third-order valence-corrected chi connectivity index (χ3v) is 5.42. The van der Waals surface area contributed by atoms with Crippen LogP contribution in [0.1, 0.15) is 31.8 Å². The lowest BCUT2D eigenvalue weighted by Gasteiger charge is -2.08. The van der Waals surface area contributed by atoms with Crippen LogP contribution in [-0.2, 0) is 0 Å². The minimum absolute atomic E-state index is 0.0873. The number of ether oxygens (including phenoxy) is 2. The van der Waals surface area contributed by atoms with Crippen LogP contribution in [0.5, 0.6) is 11.5 Å². The maximum Gasteiger partial charge on any atom is 0.343 e. The predicted octanol–water partition coefficient (Wildman–Crippen LogP) is 6.79. The molecule has 0 atom stereocenters. The maximum atomic E-state index is 12.8. The molecule has 150 valence electrons. The van der Waals surface area contributed by atoms with E-state index in [1.165, 1.54) is 12.1 Å². The second-order valence-electron chi connectivity index (χ2n) is 6.58. The van der Waals surface area contributed by atoms with Crippen LogP contribution >= 0.6 is 34.8 Å². The van der Waals surface area contributed by atoms with E-state index in [9.17, 15) is 9.59 Å². The first-order chi connectivity index (χ1) is 14.3. The highest BCUT2D eigenvalue weighted by Gasteiger charge is 2.30. The Bertz CT molecular complexity index is 1190. The van der Waals surface area contributed by atoms with Crippen molar-refractivity contribution in [2.45, 2.75) is 6.92 Å². The molecule has 4 rings (SSSR count). The molecular weight excluding hydrogens is 447 g/mol. The summed E-state index contributed by atoms with van der Waals surface area (Å²) in [6, 6.07) is 14.5. The third kappa shape index (κ3) is 3.94. The molecule has 0 bridgehead atoms. The quantitative estimate of drug-likeness (QED) is 0.246. The lowest BCUT2D eigenvalue weighted by Crippen LogP contribution is -2.08. The molecule has 0 fully saturated rings. The minimum atomic E-state index is -0.547. The number of allylic oxidation sites excluding steroid dienone is 1. The van der Waals surface area contributed by atoms with E-state index < -0.39 is 5.97 Å². The summed E-state index contributed by atoms with van der Waals surface area (Å²) in [4.78, 5) is 25.2. The van der Waals surface area contributed by atoms with Gasteiger partial charge in [0.05, 0.1) is 11.1 Å². The van der Waals surface area contributed by atoms with Crippen molar-refractivity contribution in [1.82, 2.24) is 0 Å². The zero-order chi connectivity index (χ0) is 21.4. The average molecular weight is 460 g/mol. The molecule has 0 saturated carbocycles. The van der Waals surface area contributed by atoms with Crippen LogP contribution < -0.4 is 9.47 Å². The van der Waals surface area contributed by atoms with E-state index in [1.807, 2.05) is 0 Å². The molecule has 0 aliphatic carbocycles. The van der Waals surface area contributed by atoms with Gasteiger partial charge in [0.2, 0.25) is 5.78 Å². The van der Waals surface area contributed by atoms with Crippen LogP contribution in [-0.4, -0.2) is 11.8 Å². The number of rotatable bonds is 3. The van der Waals surface area contributed by atoms with Gasteiger partial charge in [-0.1, -0.05) is 40.9 Å². The van der Waals surface area contributed by atoms with Gasteiger partial charge in [-0.2, -0.15) is 0 Å². The third-order valence-electron chi connectivity index (χ3n) is 4.51. The second kappa shape index (κ2) is 8.15. The van der Waals surface area contributed by atoms with Gasteiger partial charge in [0.25, 0.3) is 0 Å². The summed E-state index contributed by atoms with van der Waals surface area (Å²) in [5.74, 6) is -0.198. The summed E-state index contributed by atoms with van der Waals surface area (Å²) >= 11 is 18.2. The Balaban J connectivity index is 1.63. The zero-order valence-corrected chi connectivity index (χ0v) is 17.8. The van der Waals surface area contributed by atoms with Crippen molar-refractivity contribution >= 4 is 52.6 Å². The number of aryl methyl sites for hydroxylation is 1. The summed E-state index contributed by atoms with van der Waals surface area (Å²) in [5, 5.41) is 1.32. The molecule has 1 aliphatic rings. The average Bonchev–Trinajstić information content (AvgIpc) is 3.01. The van der Waals surface area contributed by atoms with Crippen molar-refractivity contribution in [3.8, 4) is 11.5 Å². The molecule has 0 unspecified atom stereocenters. The fourth-order valence-electron chi connectivity index (χ4n) is 3.07. The predicted molar refractivity (Wildman–Crippen MR) is 117 cm³/mol. The highest BCUT2D eigenvalue weighted by molar-refractivity contribution is 6.37. The first kappa shape index (κ1) is 20.5. The zero-order valence-electron chi connectivity index (χ0n) is 15.5. The number of carbonyl (C=O) groups excluding carboxylic acids is 2. The topological polar surface area (TPSA) is 52.6 Å². The van der Waals surface area contributed by atoms with Gasteiger partial charge >= 0.3 is 5.97 Å². The van der Waals surface area contributed by atoms with Crippen molar-refractivity contribution in [3.05, 3.63) is 97.7 Å². The molecule has 3 aromatic carbocycles. The van der Waals surface area contributed by atoms with Gasteiger partial charge in [0.1, 0.15) is 11.5 Å². The van der Waals surface area contributed by atoms with E-state index in [0.29, 0.717) is 43.1 Å². The Morgan fingerprint density at radius 2 is 1.67 bits per heavy atom. The number of carbonyl (C=O) groups is 2. The summed E-state index contributed by atoms with van der Waals surface area (Å²) < 4.78 is 11.2. The van der Waals surface area contributed by atoms with Crippen molar-refractivity contribution < 1.29 is 19.1 Å². The van der Waals surface area contributed by atoms with Crippen LogP contribution in [0, 0.1) is 6.92 Å². The van der Waals surface area contributed by atoms with Gasteiger partial charge in [-0.15, -0.1) is 0 Å². The molecule has 0 aromatic heterocycles. The lowest BCUT2D eigenvalue weighted by molar-refractivity contribution is 0.0734. The first-order valence-electron chi connectivity index (χ1n) is 8.84. The highest BCUT2D eigenvalue weighted by atomic mass is 35.5. The van der Waals surface area contributed by atoms with E-state index in [0.717, 1.165) is 0 Å². The summed E-state index contributed by atoms with van der Waals surface area (Å²) in [5.41, 5.74) is 1.85. The summed E-state index contributed by atoms with van der Waals surface area (Å²) in [6.45, 7) is 1.74. The summed E-state index contributed by atoms with van der Waals surface area (Å²) in [7, 11) is 0. The van der Waals surface area contributed by atoms with Crippen molar-refractivity contribution in [2.75, 3.05) is 0 Å². The molecule has 4 nitrogen and oxygen atoms in total. The van der Waals surface area contributed by atoms with Gasteiger partial charge in [-0.05, 0) is 61.0 Å². The van der Waals surface area contributed by atoms with Crippen LogP contribution in [0.2, 0.25) is 15.1 Å². The highest BCUT2D eigenvalue weighted by Crippen LogP contribution is 2.39. The smallest absolute Gasteiger partial charge is 0.343 e. The van der Waals surface area contributed by atoms with E-state index in [4.69, 9.17) is 44.3 Å². The molecule has 3 aromatic rings. The molecule has 0 N–H and O–H groups in total. The van der Waals surface area contributed by atoms with Crippen LogP contribution in [0.4, 0.5) is 0 Å². The van der Waals surface area contributed by atoms with E-state index in [-0.39, 0.29) is 17.3 Å². The Labute approximate surface area is 187 Å². The van der Waals surface area contributed by atoms with E-state index in [2.05, 4.69) is 0 Å². The largest absolute Gasteiger partial charge is 0.452 e. The standard InChI is InChI=1S/C23H13Cl3O4/c1-12-9-15(29-23(28)13-5-7-14(24)8-6-13)10-19-21(12)22(27)20(30-19)11-16-17(25)3-2-4-18(16)26/h2-11H,1H3/b20-11-. The number of ketones is 1. The molecule has 7 heteroatoms. The van der Waals surface area contributed by atoms with Crippen LogP contribution in [0.25, 0.3) is 6.08 Å². The number of halogens is 3. The number of Topliss-reactive ketones (excluding diaryl/α,β-unsaturated/α-hetero) is 1. The Morgan fingerprint density at radius 1 is 1.00 bits per heavy atom. The molecule has 0 spiro atoms. The Hall–Kier alpha value is -2.79. The number of hydrogen-bond donors (Lipinski definition) is 0. The lowest BCUT2D eigenvalue weighted by atomic mass is 10.0. The summed E-state index contributed by atoms with van der Waals surface area (Å²) in [6.07, 6.45) is 1.51. The van der Waals surface area contributed by atoms with Crippen molar-refractivity contribution in [3.63, 3.8) is 0 Å². The monoisotopic (exact) mass is 458 g/mol. The molecule has 0 saturated heterocycles. The number of esters is 1. The fourth-order valence-corrected chi connectivity index (χ4v) is 3.70. The number of benzene rings is 3. The van der Waals surface area contributed by atoms with Gasteiger partial charge in [0.15, 0.2) is 5.76 Å². The van der Waals surface area contributed by atoms with Crippen molar-refractivity contribution in [2.24, 2.45) is 0 Å². The van der Waals surface area contributed by atoms with Crippen LogP contribution in [0.3, 0.4) is 0 Å². The van der Waals surface area contributed by atoms with E-state index >= 15 is 0 Å². The normalized spacial score (nSPS) is 13.9. The Morgan fingerprint density at radius 3 is 2.33 bits per heavy atom. The molecule has 0 amide bonds. The SMILES string of the molecule is Cc1cc(OC(=O)c2ccc(Cl)cc2)cc2c1C(=O)/C(=C/c1c(Cl)cccc1Cl)O2. The van der Waals surface area contributed by atoms with E-state index in [1.54, 1.807) is 55.5 Å². The molecule has 0 radical (unpaired) electrons. The molecule has 30 heavy (non-hydrogen) atoms. The Kier molecular flexibility index (Phi) is 5.56. The fraction of sp³-hybridized carbons (Fsp3) is 0.0435. The number of fused-ring (bicyclic) bond motifs is 1. The van der Waals surface area contributed by atoms with Crippen molar-refractivity contribution in [1.29, 1.82) is 0 Å². The molecule has 1 aliphatic heterocycles. The number of hydrogen-bond acceptors (Lipinski definition) is 4. The maximum absolute atomic E-state index is 12.8. The molecular formula is C23H13Cl3O4. The molecule has 1 heterocycles. The van der Waals surface area contributed by atoms with Gasteiger partial charge < -0.3 is 9.47 Å². The van der Waals surface area contributed by atoms with Crippen LogP contribution in [0.15, 0.2) is 60.4 Å². The second-order valence-corrected chi connectivity index (χ2v) is 7.84. The van der Waals surface area contributed by atoms with Gasteiger partial charge in [-0.25, -0.2) is 4.79 Å². The van der Waals surface area contributed by atoms with Gasteiger partial charge in [0, 0.05) is 26.7 Å². The van der Waals surface area contributed by atoms with Gasteiger partial charge in [-0.3, -0.25) is 4.79 Å². The first-order valence-corrected chi connectivity index (χ1v) is 9.97. The minimum Gasteiger partial charge on any atom is -0.452 e.